The van der Waals surface area contributed by atoms with E-state index in [0.29, 0.717) is 6.54 Å². The van der Waals surface area contributed by atoms with Crippen molar-refractivity contribution in [3.05, 3.63) is 17.5 Å². The predicted molar refractivity (Wildman–Crippen MR) is 87.1 cm³/mol. The van der Waals surface area contributed by atoms with Crippen molar-refractivity contribution < 1.29 is 8.42 Å². The summed E-state index contributed by atoms with van der Waals surface area (Å²) in [6.45, 7) is 14.7. The molecule has 1 heterocycles. The van der Waals surface area contributed by atoms with Gasteiger partial charge in [-0.25, -0.2) is 8.42 Å². The predicted octanol–water partition coefficient (Wildman–Crippen LogP) is 2.29. The van der Waals surface area contributed by atoms with Crippen molar-refractivity contribution in [3.8, 4) is 0 Å². The third-order valence-corrected chi connectivity index (χ3v) is 6.10. The maximum atomic E-state index is 12.1. The molecule has 0 fully saturated rings. The standard InChI is InChI=1S/C15H29N3O2S/c1-12-13(10-16-14(2,3)4)11-17-18(12)8-9-21(19,20)15(5,6)7/h11,16H,8-10H2,1-7H3. The lowest BCUT2D eigenvalue weighted by molar-refractivity contribution is 0.423. The van der Waals surface area contributed by atoms with Crippen molar-refractivity contribution >= 4 is 9.84 Å². The fraction of sp³-hybridized carbons (Fsp3) is 0.800. The number of hydrogen-bond donors (Lipinski definition) is 1. The van der Waals surface area contributed by atoms with E-state index in [4.69, 9.17) is 0 Å². The average molecular weight is 315 g/mol. The van der Waals surface area contributed by atoms with E-state index < -0.39 is 14.6 Å². The van der Waals surface area contributed by atoms with Crippen LogP contribution in [0, 0.1) is 6.92 Å². The molecule has 0 saturated heterocycles. The van der Waals surface area contributed by atoms with Gasteiger partial charge in [0.2, 0.25) is 0 Å². The summed E-state index contributed by atoms with van der Waals surface area (Å²) in [6.07, 6.45) is 1.82. The molecule has 0 spiro atoms. The molecule has 0 unspecified atom stereocenters. The van der Waals surface area contributed by atoms with E-state index in [2.05, 4.69) is 31.2 Å². The van der Waals surface area contributed by atoms with E-state index in [1.54, 1.807) is 25.5 Å². The SMILES string of the molecule is Cc1c(CNC(C)(C)C)cnn1CCS(=O)(=O)C(C)(C)C. The molecule has 0 amide bonds. The fourth-order valence-corrected chi connectivity index (χ4v) is 2.78. The number of aryl methyl sites for hydroxylation is 1. The van der Waals surface area contributed by atoms with Gasteiger partial charge < -0.3 is 5.32 Å². The highest BCUT2D eigenvalue weighted by Crippen LogP contribution is 2.17. The van der Waals surface area contributed by atoms with Crippen molar-refractivity contribution in [2.45, 2.75) is 71.8 Å². The van der Waals surface area contributed by atoms with Crippen LogP contribution in [0.2, 0.25) is 0 Å². The Morgan fingerprint density at radius 2 is 1.76 bits per heavy atom. The molecule has 1 aromatic rings. The molecule has 0 bridgehead atoms. The minimum Gasteiger partial charge on any atom is -0.308 e. The lowest BCUT2D eigenvalue weighted by atomic mass is 10.1. The zero-order valence-corrected chi connectivity index (χ0v) is 15.1. The van der Waals surface area contributed by atoms with Gasteiger partial charge in [-0.15, -0.1) is 0 Å². The summed E-state index contributed by atoms with van der Waals surface area (Å²) in [5.74, 6) is 0.116. The normalized spacial score (nSPS) is 13.7. The van der Waals surface area contributed by atoms with Crippen LogP contribution in [-0.4, -0.2) is 34.2 Å². The van der Waals surface area contributed by atoms with Crippen LogP contribution < -0.4 is 5.32 Å². The van der Waals surface area contributed by atoms with Gasteiger partial charge in [0.05, 0.1) is 23.2 Å². The van der Waals surface area contributed by atoms with Crippen LogP contribution in [0.15, 0.2) is 6.20 Å². The molecule has 21 heavy (non-hydrogen) atoms. The molecular formula is C15H29N3O2S. The lowest BCUT2D eigenvalue weighted by Crippen LogP contribution is -2.35. The Hall–Kier alpha value is -0.880. The molecule has 0 aliphatic rings. The van der Waals surface area contributed by atoms with Crippen molar-refractivity contribution in [3.63, 3.8) is 0 Å². The number of sulfone groups is 1. The second-order valence-electron chi connectivity index (χ2n) is 7.51. The van der Waals surface area contributed by atoms with Crippen LogP contribution >= 0.6 is 0 Å². The summed E-state index contributed by atoms with van der Waals surface area (Å²) in [4.78, 5) is 0. The first-order chi connectivity index (χ1) is 9.33. The Balaban J connectivity index is 2.73. The summed E-state index contributed by atoms with van der Waals surface area (Å²) in [5, 5.41) is 7.73. The van der Waals surface area contributed by atoms with E-state index in [9.17, 15) is 8.42 Å². The Morgan fingerprint density at radius 1 is 1.19 bits per heavy atom. The van der Waals surface area contributed by atoms with Crippen molar-refractivity contribution in [2.75, 3.05) is 5.75 Å². The molecule has 0 atom stereocenters. The van der Waals surface area contributed by atoms with Crippen molar-refractivity contribution in [2.24, 2.45) is 0 Å². The molecule has 122 valence electrons. The summed E-state index contributed by atoms with van der Waals surface area (Å²) < 4.78 is 25.4. The third-order valence-electron chi connectivity index (χ3n) is 3.52. The Morgan fingerprint density at radius 3 is 2.24 bits per heavy atom. The summed E-state index contributed by atoms with van der Waals surface area (Å²) in [6, 6.07) is 0. The van der Waals surface area contributed by atoms with Gasteiger partial charge in [0, 0.05) is 23.3 Å². The van der Waals surface area contributed by atoms with Gasteiger partial charge >= 0.3 is 0 Å². The second kappa shape index (κ2) is 6.08. The van der Waals surface area contributed by atoms with Crippen LogP contribution in [0.4, 0.5) is 0 Å². The van der Waals surface area contributed by atoms with E-state index in [-0.39, 0.29) is 11.3 Å². The fourth-order valence-electron chi connectivity index (χ4n) is 1.76. The highest BCUT2D eigenvalue weighted by molar-refractivity contribution is 7.92. The smallest absolute Gasteiger partial charge is 0.157 e. The van der Waals surface area contributed by atoms with Gasteiger partial charge in [0.25, 0.3) is 0 Å². The van der Waals surface area contributed by atoms with Crippen molar-refractivity contribution in [1.82, 2.24) is 15.1 Å². The first-order valence-electron chi connectivity index (χ1n) is 7.32. The molecule has 0 radical (unpaired) electrons. The molecule has 0 aliphatic heterocycles. The Kier molecular flexibility index (Phi) is 5.26. The summed E-state index contributed by atoms with van der Waals surface area (Å²) >= 11 is 0. The molecule has 5 nitrogen and oxygen atoms in total. The first-order valence-corrected chi connectivity index (χ1v) is 8.97. The van der Waals surface area contributed by atoms with Crippen LogP contribution in [0.25, 0.3) is 0 Å². The topological polar surface area (TPSA) is 64.0 Å². The highest BCUT2D eigenvalue weighted by Gasteiger charge is 2.28. The van der Waals surface area contributed by atoms with Crippen LogP contribution in [0.5, 0.6) is 0 Å². The zero-order valence-electron chi connectivity index (χ0n) is 14.3. The zero-order chi connectivity index (χ0) is 16.5. The van der Waals surface area contributed by atoms with Gasteiger partial charge in [-0.1, -0.05) is 0 Å². The molecule has 1 aromatic heterocycles. The molecule has 1 N–H and O–H groups in total. The minimum absolute atomic E-state index is 0.0457. The van der Waals surface area contributed by atoms with E-state index in [0.717, 1.165) is 17.8 Å². The number of hydrogen-bond acceptors (Lipinski definition) is 4. The summed E-state index contributed by atoms with van der Waals surface area (Å²) in [5.41, 5.74) is 2.18. The van der Waals surface area contributed by atoms with Gasteiger partial charge in [-0.3, -0.25) is 4.68 Å². The van der Waals surface area contributed by atoms with E-state index in [1.165, 1.54) is 0 Å². The molecule has 6 heteroatoms. The molecule has 1 rings (SSSR count). The van der Waals surface area contributed by atoms with Crippen molar-refractivity contribution in [1.29, 1.82) is 0 Å². The molecular weight excluding hydrogens is 286 g/mol. The number of rotatable bonds is 5. The minimum atomic E-state index is -3.12. The second-order valence-corrected chi connectivity index (χ2v) is 10.4. The Labute approximate surface area is 129 Å². The number of nitrogens with zero attached hydrogens (tertiary/aromatic N) is 2. The maximum Gasteiger partial charge on any atom is 0.157 e. The van der Waals surface area contributed by atoms with Gasteiger partial charge in [-0.2, -0.15) is 5.10 Å². The summed E-state index contributed by atoms with van der Waals surface area (Å²) in [7, 11) is -3.12. The molecule has 0 aromatic carbocycles. The lowest BCUT2D eigenvalue weighted by Gasteiger charge is -2.20. The monoisotopic (exact) mass is 315 g/mol. The van der Waals surface area contributed by atoms with Gasteiger partial charge in [-0.05, 0) is 48.5 Å². The first kappa shape index (κ1) is 18.2. The van der Waals surface area contributed by atoms with Gasteiger partial charge in [0.1, 0.15) is 0 Å². The number of aromatic nitrogens is 2. The third kappa shape index (κ3) is 5.11. The van der Waals surface area contributed by atoms with Crippen LogP contribution in [-0.2, 0) is 22.9 Å². The van der Waals surface area contributed by atoms with E-state index in [1.807, 2.05) is 13.1 Å². The number of nitrogens with one attached hydrogen (secondary N) is 1. The maximum absolute atomic E-state index is 12.1. The van der Waals surface area contributed by atoms with Crippen LogP contribution in [0.3, 0.4) is 0 Å². The molecule has 0 saturated carbocycles. The molecule has 0 aliphatic carbocycles. The van der Waals surface area contributed by atoms with Gasteiger partial charge in [0.15, 0.2) is 9.84 Å². The average Bonchev–Trinajstić information content (AvgIpc) is 2.63. The van der Waals surface area contributed by atoms with E-state index >= 15 is 0 Å². The quantitative estimate of drug-likeness (QED) is 0.905. The highest BCUT2D eigenvalue weighted by atomic mass is 32.2. The largest absolute Gasteiger partial charge is 0.308 e. The Bertz CT molecular complexity index is 575. The van der Waals surface area contributed by atoms with Crippen LogP contribution in [0.1, 0.15) is 52.8 Å².